The molecule has 11 heteroatoms. The number of rotatable bonds is 7. The summed E-state index contributed by atoms with van der Waals surface area (Å²) in [5.74, 6) is -2.18. The van der Waals surface area contributed by atoms with Gasteiger partial charge < -0.3 is 0 Å². The molecular weight excluding hydrogens is 443 g/mol. The Morgan fingerprint density at radius 3 is 1.67 bits per heavy atom. The summed E-state index contributed by atoms with van der Waals surface area (Å²) in [7, 11) is 1.67. The Balaban J connectivity index is 3.27. The van der Waals surface area contributed by atoms with Crippen molar-refractivity contribution in [2.45, 2.75) is 69.8 Å². The molecule has 0 bridgehead atoms. The predicted octanol–water partition coefficient (Wildman–Crippen LogP) is 1.05. The van der Waals surface area contributed by atoms with E-state index < -0.39 is 68.1 Å². The molecule has 9 nitrogen and oxygen atoms in total. The molecule has 1 aliphatic rings. The summed E-state index contributed by atoms with van der Waals surface area (Å²) >= 11 is -1.11. The summed E-state index contributed by atoms with van der Waals surface area (Å²) in [5.41, 5.74) is 4.24. The molecule has 0 amide bonds. The van der Waals surface area contributed by atoms with Crippen molar-refractivity contribution < 1.29 is 42.9 Å². The molecule has 154 valence electrons. The van der Waals surface area contributed by atoms with E-state index >= 15 is 0 Å². The Morgan fingerprint density at radius 2 is 1.22 bits per heavy atom. The third kappa shape index (κ3) is 8.11. The second-order valence-corrected chi connectivity index (χ2v) is 15.4. The van der Waals surface area contributed by atoms with E-state index in [1.165, 1.54) is 20.8 Å². The van der Waals surface area contributed by atoms with Crippen LogP contribution < -0.4 is 0 Å². The molecule has 0 N–H and O–H groups in total. The van der Waals surface area contributed by atoms with Crippen molar-refractivity contribution in [3.05, 3.63) is 0 Å². The molecule has 1 fully saturated rings. The maximum absolute atomic E-state index is 11.6. The fourth-order valence-corrected chi connectivity index (χ4v) is 5.98. The van der Waals surface area contributed by atoms with Crippen LogP contribution in [0.2, 0.25) is 11.4 Å². The van der Waals surface area contributed by atoms with Crippen LogP contribution in [0, 0.1) is 0 Å². The standard InChI is InChI=1S/C16H25AsO9S/c1-8(18)22-13-12(7-27-17(5)6)26-16(25-11(4)21)15(24-10(3)20)14(13)23-9(2)19/h12-16H,7H2,1-6H3/t12-,13-,14+,15+,16?/m1/s1. The maximum atomic E-state index is 11.6. The first-order chi connectivity index (χ1) is 12.5. The van der Waals surface area contributed by atoms with Gasteiger partial charge in [0, 0.05) is 0 Å². The molecule has 0 aromatic carbocycles. The average molecular weight is 468 g/mol. The van der Waals surface area contributed by atoms with Crippen LogP contribution in [-0.4, -0.2) is 73.8 Å². The van der Waals surface area contributed by atoms with Crippen molar-refractivity contribution in [1.82, 2.24) is 0 Å². The van der Waals surface area contributed by atoms with Gasteiger partial charge in [-0.1, -0.05) is 0 Å². The number of carbonyl (C=O) groups is 4. The van der Waals surface area contributed by atoms with E-state index in [9.17, 15) is 19.2 Å². The van der Waals surface area contributed by atoms with Gasteiger partial charge in [0.1, 0.15) is 0 Å². The van der Waals surface area contributed by atoms with Gasteiger partial charge in [-0.05, 0) is 0 Å². The van der Waals surface area contributed by atoms with Crippen molar-refractivity contribution in [1.29, 1.82) is 0 Å². The van der Waals surface area contributed by atoms with Gasteiger partial charge in [-0.25, -0.2) is 0 Å². The number of hydrogen-bond acceptors (Lipinski definition) is 10. The molecule has 0 aromatic heterocycles. The Kier molecular flexibility index (Phi) is 9.62. The van der Waals surface area contributed by atoms with Crippen molar-refractivity contribution in [3.63, 3.8) is 0 Å². The summed E-state index contributed by atoms with van der Waals surface area (Å²) in [5, 5.41) is 0. The summed E-state index contributed by atoms with van der Waals surface area (Å²) in [6, 6.07) is 0. The normalized spacial score (nSPS) is 27.6. The fraction of sp³-hybridized carbons (Fsp3) is 0.750. The quantitative estimate of drug-likeness (QED) is 0.305. The molecule has 27 heavy (non-hydrogen) atoms. The second-order valence-electron chi connectivity index (χ2n) is 5.98. The topological polar surface area (TPSA) is 114 Å². The predicted molar refractivity (Wildman–Crippen MR) is 97.0 cm³/mol. The van der Waals surface area contributed by atoms with Crippen LogP contribution in [0.3, 0.4) is 0 Å². The van der Waals surface area contributed by atoms with Gasteiger partial charge in [-0.15, -0.1) is 0 Å². The molecule has 1 heterocycles. The summed E-state index contributed by atoms with van der Waals surface area (Å²) in [4.78, 5) is 46.2. The van der Waals surface area contributed by atoms with Crippen molar-refractivity contribution in [2.24, 2.45) is 0 Å². The fourth-order valence-electron chi connectivity index (χ4n) is 2.47. The molecule has 1 rings (SSSR count). The van der Waals surface area contributed by atoms with Crippen LogP contribution in [0.5, 0.6) is 0 Å². The van der Waals surface area contributed by atoms with E-state index in [-0.39, 0.29) is 0 Å². The molecule has 5 atom stereocenters. The Labute approximate surface area is 166 Å². The van der Waals surface area contributed by atoms with Crippen LogP contribution in [0.4, 0.5) is 0 Å². The van der Waals surface area contributed by atoms with Crippen LogP contribution in [0.1, 0.15) is 27.7 Å². The minimum atomic E-state index is -1.29. The van der Waals surface area contributed by atoms with Gasteiger partial charge in [0.25, 0.3) is 0 Å². The molecule has 0 radical (unpaired) electrons. The van der Waals surface area contributed by atoms with E-state index in [0.717, 1.165) is 6.92 Å². The molecule has 1 aliphatic heterocycles. The number of ether oxygens (including phenoxy) is 5. The number of esters is 4. The Hall–Kier alpha value is -1.25. The summed E-state index contributed by atoms with van der Waals surface area (Å²) < 4.78 is 26.8. The van der Waals surface area contributed by atoms with Gasteiger partial charge >= 0.3 is 166 Å². The van der Waals surface area contributed by atoms with Crippen molar-refractivity contribution >= 4 is 47.4 Å². The molecule has 0 spiro atoms. The van der Waals surface area contributed by atoms with Gasteiger partial charge in [0.15, 0.2) is 0 Å². The monoisotopic (exact) mass is 468 g/mol. The molecule has 0 aliphatic carbocycles. The average Bonchev–Trinajstić information content (AvgIpc) is 2.49. The Morgan fingerprint density at radius 1 is 0.778 bits per heavy atom. The van der Waals surface area contributed by atoms with E-state index in [1.807, 2.05) is 0 Å². The SMILES string of the molecule is CC(=O)OC1O[C@H](CS[As](C)C)[C@@H](OC(C)=O)[C@H](OC(C)=O)[C@@H]1OC(C)=O. The van der Waals surface area contributed by atoms with Gasteiger partial charge in [0.2, 0.25) is 0 Å². The molecule has 0 aromatic rings. The van der Waals surface area contributed by atoms with Crippen LogP contribution in [-0.2, 0) is 42.9 Å². The molecule has 1 unspecified atom stereocenters. The summed E-state index contributed by atoms with van der Waals surface area (Å²) in [6.45, 7) is 4.73. The van der Waals surface area contributed by atoms with E-state index in [1.54, 1.807) is 10.0 Å². The zero-order valence-corrected chi connectivity index (χ0v) is 18.8. The third-order valence-electron chi connectivity index (χ3n) is 3.28. The minimum absolute atomic E-state index is 0.438. The first kappa shape index (κ1) is 23.8. The van der Waals surface area contributed by atoms with E-state index in [4.69, 9.17) is 23.7 Å². The molecule has 1 saturated heterocycles. The zero-order chi connectivity index (χ0) is 20.7. The Bertz CT molecular complexity index is 568. The molecular formula is C16H25AsO9S. The number of carbonyl (C=O) groups excluding carboxylic acids is 4. The first-order valence-corrected chi connectivity index (χ1v) is 15.1. The summed E-state index contributed by atoms with van der Waals surface area (Å²) in [6.07, 6.45) is -5.45. The zero-order valence-electron chi connectivity index (χ0n) is 16.1. The van der Waals surface area contributed by atoms with Gasteiger partial charge in [0.05, 0.1) is 0 Å². The van der Waals surface area contributed by atoms with E-state index in [0.29, 0.717) is 5.75 Å². The van der Waals surface area contributed by atoms with Crippen molar-refractivity contribution in [2.75, 3.05) is 5.75 Å². The van der Waals surface area contributed by atoms with Crippen LogP contribution in [0.25, 0.3) is 0 Å². The van der Waals surface area contributed by atoms with Crippen LogP contribution >= 0.6 is 10.0 Å². The van der Waals surface area contributed by atoms with Gasteiger partial charge in [-0.2, -0.15) is 0 Å². The van der Waals surface area contributed by atoms with Gasteiger partial charge in [-0.3, -0.25) is 0 Å². The molecule has 0 saturated carbocycles. The van der Waals surface area contributed by atoms with Crippen molar-refractivity contribution in [3.8, 4) is 0 Å². The first-order valence-electron chi connectivity index (χ1n) is 8.15. The second kappa shape index (κ2) is 10.9. The number of hydrogen-bond donors (Lipinski definition) is 0. The third-order valence-corrected chi connectivity index (χ3v) is 8.46. The van der Waals surface area contributed by atoms with E-state index in [2.05, 4.69) is 11.4 Å². The van der Waals surface area contributed by atoms with Crippen LogP contribution in [0.15, 0.2) is 0 Å².